The Morgan fingerprint density at radius 3 is 2.70 bits per heavy atom. The average Bonchev–Trinajstić information content (AvgIpc) is 2.85. The quantitative estimate of drug-likeness (QED) is 0.829. The molecule has 0 amide bonds. The van der Waals surface area contributed by atoms with Gasteiger partial charge in [0.05, 0.1) is 6.10 Å². The molecule has 2 rings (SSSR count). The van der Waals surface area contributed by atoms with Gasteiger partial charge in [0.15, 0.2) is 0 Å². The average molecular weight is 278 g/mol. The molecule has 0 bridgehead atoms. The number of aliphatic hydroxyl groups excluding tert-OH is 1. The second-order valence-corrected chi connectivity index (χ2v) is 6.27. The minimum absolute atomic E-state index is 0.179. The van der Waals surface area contributed by atoms with Crippen LogP contribution in [0.4, 0.5) is 0 Å². The van der Waals surface area contributed by atoms with Crippen LogP contribution < -0.4 is 0 Å². The molecule has 1 aromatic rings. The second-order valence-electron chi connectivity index (χ2n) is 6.27. The van der Waals surface area contributed by atoms with Crippen molar-refractivity contribution in [2.24, 2.45) is 7.05 Å². The lowest BCUT2D eigenvalue weighted by atomic mass is 9.93. The van der Waals surface area contributed by atoms with Crippen molar-refractivity contribution in [1.82, 2.24) is 9.47 Å². The Morgan fingerprint density at radius 2 is 2.10 bits per heavy atom. The highest BCUT2D eigenvalue weighted by Crippen LogP contribution is 2.24. The van der Waals surface area contributed by atoms with Crippen LogP contribution in [0.2, 0.25) is 0 Å². The number of aliphatic hydroxyl groups is 1. The van der Waals surface area contributed by atoms with Crippen molar-refractivity contribution >= 4 is 0 Å². The van der Waals surface area contributed by atoms with Crippen LogP contribution in [0.15, 0.2) is 18.3 Å². The summed E-state index contributed by atoms with van der Waals surface area (Å²) in [4.78, 5) is 2.52. The van der Waals surface area contributed by atoms with Crippen LogP contribution in [0.1, 0.15) is 57.6 Å². The SMILES string of the molecule is CCCC(O)CN(Cc1cccn1C)C1CCCCC1. The Bertz CT molecular complexity index is 382. The first-order valence-corrected chi connectivity index (χ1v) is 8.23. The molecule has 1 aromatic heterocycles. The van der Waals surface area contributed by atoms with Gasteiger partial charge in [-0.25, -0.2) is 0 Å². The molecule has 20 heavy (non-hydrogen) atoms. The molecule has 0 aromatic carbocycles. The molecule has 1 heterocycles. The lowest BCUT2D eigenvalue weighted by molar-refractivity contribution is 0.0616. The van der Waals surface area contributed by atoms with E-state index in [-0.39, 0.29) is 6.10 Å². The highest BCUT2D eigenvalue weighted by atomic mass is 16.3. The molecule has 1 N–H and O–H groups in total. The predicted molar refractivity (Wildman–Crippen MR) is 83.6 cm³/mol. The van der Waals surface area contributed by atoms with E-state index < -0.39 is 0 Å². The molecule has 1 atom stereocenters. The summed E-state index contributed by atoms with van der Waals surface area (Å²) >= 11 is 0. The molecule has 1 fully saturated rings. The van der Waals surface area contributed by atoms with E-state index >= 15 is 0 Å². The monoisotopic (exact) mass is 278 g/mol. The van der Waals surface area contributed by atoms with Crippen molar-refractivity contribution in [3.63, 3.8) is 0 Å². The molecule has 114 valence electrons. The Hall–Kier alpha value is -0.800. The van der Waals surface area contributed by atoms with Crippen LogP contribution in [-0.4, -0.2) is 33.3 Å². The van der Waals surface area contributed by atoms with Crippen molar-refractivity contribution in [3.8, 4) is 0 Å². The van der Waals surface area contributed by atoms with Gasteiger partial charge in [0.1, 0.15) is 0 Å². The van der Waals surface area contributed by atoms with Crippen molar-refractivity contribution < 1.29 is 5.11 Å². The molecule has 0 radical (unpaired) electrons. The molecule has 0 saturated heterocycles. The van der Waals surface area contributed by atoms with E-state index in [9.17, 15) is 5.11 Å². The third kappa shape index (κ3) is 4.35. The summed E-state index contributed by atoms with van der Waals surface area (Å²) in [7, 11) is 2.11. The summed E-state index contributed by atoms with van der Waals surface area (Å²) in [6, 6.07) is 4.96. The number of rotatable bonds is 7. The van der Waals surface area contributed by atoms with Crippen LogP contribution in [0, 0.1) is 0 Å². The van der Waals surface area contributed by atoms with Gasteiger partial charge in [-0.2, -0.15) is 0 Å². The van der Waals surface area contributed by atoms with E-state index in [4.69, 9.17) is 0 Å². The van der Waals surface area contributed by atoms with Crippen LogP contribution in [-0.2, 0) is 13.6 Å². The van der Waals surface area contributed by atoms with E-state index in [1.165, 1.54) is 37.8 Å². The second kappa shape index (κ2) is 7.84. The maximum absolute atomic E-state index is 10.2. The van der Waals surface area contributed by atoms with Crippen LogP contribution in [0.5, 0.6) is 0 Å². The summed E-state index contributed by atoms with van der Waals surface area (Å²) in [5, 5.41) is 10.2. The van der Waals surface area contributed by atoms with Crippen molar-refractivity contribution in [1.29, 1.82) is 0 Å². The molecule has 1 saturated carbocycles. The lowest BCUT2D eigenvalue weighted by Gasteiger charge is -2.35. The summed E-state index contributed by atoms with van der Waals surface area (Å²) in [5.41, 5.74) is 1.35. The number of nitrogens with zero attached hydrogens (tertiary/aromatic N) is 2. The normalized spacial score (nSPS) is 18.6. The van der Waals surface area contributed by atoms with Gasteiger partial charge in [-0.05, 0) is 31.4 Å². The van der Waals surface area contributed by atoms with Gasteiger partial charge in [-0.15, -0.1) is 0 Å². The van der Waals surface area contributed by atoms with E-state index in [1.54, 1.807) is 0 Å². The van der Waals surface area contributed by atoms with Crippen molar-refractivity contribution in [2.45, 2.75) is 70.6 Å². The molecule has 1 unspecified atom stereocenters. The third-order valence-corrected chi connectivity index (χ3v) is 4.57. The minimum Gasteiger partial charge on any atom is -0.392 e. The van der Waals surface area contributed by atoms with Gasteiger partial charge in [-0.1, -0.05) is 32.6 Å². The number of aromatic nitrogens is 1. The fourth-order valence-corrected chi connectivity index (χ4v) is 3.35. The highest BCUT2D eigenvalue weighted by Gasteiger charge is 2.23. The summed E-state index contributed by atoms with van der Waals surface area (Å²) in [5.74, 6) is 0. The topological polar surface area (TPSA) is 28.4 Å². The Labute approximate surface area is 123 Å². The Morgan fingerprint density at radius 1 is 1.35 bits per heavy atom. The molecule has 1 aliphatic carbocycles. The molecule has 1 aliphatic rings. The highest BCUT2D eigenvalue weighted by molar-refractivity contribution is 5.06. The molecular formula is C17H30N2O. The van der Waals surface area contributed by atoms with Crippen molar-refractivity contribution in [2.75, 3.05) is 6.54 Å². The standard InChI is InChI=1S/C17H30N2O/c1-3-8-17(20)14-19(15-9-5-4-6-10-15)13-16-11-7-12-18(16)2/h7,11-12,15,17,20H,3-6,8-10,13-14H2,1-2H3. The van der Waals surface area contributed by atoms with E-state index in [2.05, 4.69) is 41.8 Å². The van der Waals surface area contributed by atoms with Gasteiger partial charge in [0.2, 0.25) is 0 Å². The van der Waals surface area contributed by atoms with Crippen LogP contribution >= 0.6 is 0 Å². The Kier molecular flexibility index (Phi) is 6.11. The first kappa shape index (κ1) is 15.6. The fourth-order valence-electron chi connectivity index (χ4n) is 3.35. The summed E-state index contributed by atoms with van der Waals surface area (Å²) in [6.07, 6.45) is 10.6. The zero-order chi connectivity index (χ0) is 14.4. The predicted octanol–water partition coefficient (Wildman–Crippen LogP) is 3.32. The van der Waals surface area contributed by atoms with Crippen LogP contribution in [0.3, 0.4) is 0 Å². The largest absolute Gasteiger partial charge is 0.392 e. The van der Waals surface area contributed by atoms with Gasteiger partial charge in [-0.3, -0.25) is 4.90 Å². The molecule has 3 nitrogen and oxygen atoms in total. The summed E-state index contributed by atoms with van der Waals surface area (Å²) in [6.45, 7) is 3.93. The van der Waals surface area contributed by atoms with E-state index in [1.807, 2.05) is 0 Å². The fraction of sp³-hybridized carbons (Fsp3) is 0.765. The first-order valence-electron chi connectivity index (χ1n) is 8.23. The first-order chi connectivity index (χ1) is 9.70. The molecule has 0 aliphatic heterocycles. The maximum Gasteiger partial charge on any atom is 0.0667 e. The van der Waals surface area contributed by atoms with Crippen LogP contribution in [0.25, 0.3) is 0 Å². The summed E-state index contributed by atoms with van der Waals surface area (Å²) < 4.78 is 2.20. The van der Waals surface area contributed by atoms with Gasteiger partial charge in [0, 0.05) is 38.1 Å². The lowest BCUT2D eigenvalue weighted by Crippen LogP contribution is -2.41. The molecular weight excluding hydrogens is 248 g/mol. The zero-order valence-corrected chi connectivity index (χ0v) is 13.1. The maximum atomic E-state index is 10.2. The van der Waals surface area contributed by atoms with Gasteiger partial charge in [0.25, 0.3) is 0 Å². The smallest absolute Gasteiger partial charge is 0.0667 e. The molecule has 0 spiro atoms. The van der Waals surface area contributed by atoms with Gasteiger partial charge < -0.3 is 9.67 Å². The Balaban J connectivity index is 2.00. The van der Waals surface area contributed by atoms with Gasteiger partial charge >= 0.3 is 0 Å². The van der Waals surface area contributed by atoms with E-state index in [0.717, 1.165) is 25.9 Å². The number of hydrogen-bond acceptors (Lipinski definition) is 2. The van der Waals surface area contributed by atoms with Crippen molar-refractivity contribution in [3.05, 3.63) is 24.0 Å². The van der Waals surface area contributed by atoms with E-state index in [0.29, 0.717) is 6.04 Å². The number of aryl methyl sites for hydroxylation is 1. The zero-order valence-electron chi connectivity index (χ0n) is 13.1. The molecule has 3 heteroatoms. The third-order valence-electron chi connectivity index (χ3n) is 4.57. The number of hydrogen-bond donors (Lipinski definition) is 1. The minimum atomic E-state index is -0.179.